The molecule has 1 aromatic heterocycles. The normalized spacial score (nSPS) is 22.9. The van der Waals surface area contributed by atoms with Crippen LogP contribution in [0, 0.1) is 6.39 Å². The number of ether oxygens (including phenoxy) is 3. The summed E-state index contributed by atoms with van der Waals surface area (Å²) in [5.74, 6) is -0.898. The highest BCUT2D eigenvalue weighted by Gasteiger charge is 2.34. The molecule has 1 aliphatic heterocycles. The average molecular weight is 362 g/mol. The molecular formula is C13H20N3O7S. The van der Waals surface area contributed by atoms with E-state index in [4.69, 9.17) is 14.2 Å². The third-order valence-electron chi connectivity index (χ3n) is 3.44. The van der Waals surface area contributed by atoms with Gasteiger partial charge in [0.2, 0.25) is 0 Å². The summed E-state index contributed by atoms with van der Waals surface area (Å²) in [6.07, 6.45) is 2.17. The SMILES string of the molecule is CCOC[C@H]1OCCN(S(=O)(=O)NC(=O)c2co[c]n2)C[C@@H]1OC. The van der Waals surface area contributed by atoms with Gasteiger partial charge in [-0.15, -0.1) is 0 Å². The summed E-state index contributed by atoms with van der Waals surface area (Å²) in [5.41, 5.74) is -0.179. The molecule has 1 fully saturated rings. The summed E-state index contributed by atoms with van der Waals surface area (Å²) >= 11 is 0. The molecule has 1 aromatic rings. The van der Waals surface area contributed by atoms with Crippen molar-refractivity contribution in [2.24, 2.45) is 0 Å². The van der Waals surface area contributed by atoms with Gasteiger partial charge in [0, 0.05) is 26.8 Å². The molecule has 1 amide bonds. The highest BCUT2D eigenvalue weighted by Crippen LogP contribution is 2.14. The zero-order valence-corrected chi connectivity index (χ0v) is 14.2. The minimum Gasteiger partial charge on any atom is -0.440 e. The number of nitrogens with zero attached hydrogens (tertiary/aromatic N) is 2. The third kappa shape index (κ3) is 4.74. The minimum absolute atomic E-state index is 0.0296. The lowest BCUT2D eigenvalue weighted by atomic mass is 10.2. The van der Waals surface area contributed by atoms with Crippen LogP contribution in [0.5, 0.6) is 0 Å². The Kier molecular flexibility index (Phi) is 6.69. The predicted octanol–water partition coefficient (Wildman–Crippen LogP) is -0.798. The quantitative estimate of drug-likeness (QED) is 0.669. The van der Waals surface area contributed by atoms with Crippen LogP contribution in [0.4, 0.5) is 0 Å². The molecule has 11 heteroatoms. The third-order valence-corrected chi connectivity index (χ3v) is 4.90. The molecule has 0 bridgehead atoms. The molecule has 10 nitrogen and oxygen atoms in total. The summed E-state index contributed by atoms with van der Waals surface area (Å²) in [6, 6.07) is 0. The zero-order valence-electron chi connectivity index (χ0n) is 13.4. The molecule has 24 heavy (non-hydrogen) atoms. The van der Waals surface area contributed by atoms with Crippen molar-refractivity contribution in [1.29, 1.82) is 0 Å². The maximum Gasteiger partial charge on any atom is 0.304 e. The first kappa shape index (κ1) is 18.8. The molecule has 0 unspecified atom stereocenters. The molecule has 1 aliphatic rings. The zero-order chi connectivity index (χ0) is 17.6. The van der Waals surface area contributed by atoms with Crippen molar-refractivity contribution in [1.82, 2.24) is 14.0 Å². The Hall–Kier alpha value is -1.53. The van der Waals surface area contributed by atoms with E-state index >= 15 is 0 Å². The molecule has 135 valence electrons. The van der Waals surface area contributed by atoms with Crippen LogP contribution < -0.4 is 4.72 Å². The van der Waals surface area contributed by atoms with E-state index in [0.717, 1.165) is 10.6 Å². The molecular weight excluding hydrogens is 342 g/mol. The Morgan fingerprint density at radius 3 is 3.00 bits per heavy atom. The molecule has 1 saturated heterocycles. The van der Waals surface area contributed by atoms with E-state index in [9.17, 15) is 13.2 Å². The van der Waals surface area contributed by atoms with E-state index in [1.165, 1.54) is 7.11 Å². The highest BCUT2D eigenvalue weighted by molar-refractivity contribution is 7.87. The Balaban J connectivity index is 2.05. The van der Waals surface area contributed by atoms with E-state index in [2.05, 4.69) is 15.8 Å². The number of oxazole rings is 1. The van der Waals surface area contributed by atoms with Crippen molar-refractivity contribution in [3.63, 3.8) is 0 Å². The van der Waals surface area contributed by atoms with E-state index in [0.29, 0.717) is 13.2 Å². The Morgan fingerprint density at radius 1 is 1.58 bits per heavy atom. The van der Waals surface area contributed by atoms with E-state index in [-0.39, 0.29) is 25.4 Å². The number of hydrogen-bond donors (Lipinski definition) is 1. The van der Waals surface area contributed by atoms with Gasteiger partial charge in [-0.25, -0.2) is 4.72 Å². The van der Waals surface area contributed by atoms with Crippen LogP contribution in [0.1, 0.15) is 17.4 Å². The van der Waals surface area contributed by atoms with Crippen molar-refractivity contribution in [2.75, 3.05) is 40.0 Å². The second kappa shape index (κ2) is 8.53. The van der Waals surface area contributed by atoms with Gasteiger partial charge in [-0.1, -0.05) is 0 Å². The first-order valence-electron chi connectivity index (χ1n) is 7.33. The Bertz CT molecular complexity index is 620. The first-order valence-corrected chi connectivity index (χ1v) is 8.78. The van der Waals surface area contributed by atoms with Gasteiger partial charge in [0.25, 0.3) is 12.3 Å². The van der Waals surface area contributed by atoms with Gasteiger partial charge in [-0.05, 0) is 6.92 Å². The Morgan fingerprint density at radius 2 is 2.38 bits per heavy atom. The monoisotopic (exact) mass is 362 g/mol. The standard InChI is InChI=1S/C13H20N3O7S/c1-3-21-8-12-11(20-2)6-16(4-5-23-12)24(18,19)15-13(17)10-7-22-9-14-10/h7,11-12H,3-6,8H2,1-2H3,(H,15,17)/t11-,12+/m0/s1. The fourth-order valence-electron chi connectivity index (χ4n) is 2.18. The topological polar surface area (TPSA) is 120 Å². The summed E-state index contributed by atoms with van der Waals surface area (Å²) in [6.45, 7) is 2.93. The number of aromatic nitrogens is 1. The van der Waals surface area contributed by atoms with Gasteiger partial charge in [-0.3, -0.25) is 4.79 Å². The van der Waals surface area contributed by atoms with Crippen LogP contribution in [-0.2, 0) is 24.4 Å². The summed E-state index contributed by atoms with van der Waals surface area (Å²) < 4.78 is 48.7. The van der Waals surface area contributed by atoms with Crippen molar-refractivity contribution >= 4 is 16.1 Å². The first-order chi connectivity index (χ1) is 11.5. The second-order valence-corrected chi connectivity index (χ2v) is 6.63. The number of amides is 1. The van der Waals surface area contributed by atoms with E-state index in [1.807, 2.05) is 11.6 Å². The average Bonchev–Trinajstić information content (AvgIpc) is 3.00. The maximum absolute atomic E-state index is 12.4. The lowest BCUT2D eigenvalue weighted by Crippen LogP contribution is -2.48. The van der Waals surface area contributed by atoms with Crippen LogP contribution in [0.2, 0.25) is 0 Å². The second-order valence-electron chi connectivity index (χ2n) is 4.96. The molecule has 2 heterocycles. The van der Waals surface area contributed by atoms with Crippen LogP contribution in [0.15, 0.2) is 10.7 Å². The largest absolute Gasteiger partial charge is 0.440 e. The summed E-state index contributed by atoms with van der Waals surface area (Å²) in [4.78, 5) is 15.4. The number of carbonyl (C=O) groups is 1. The van der Waals surface area contributed by atoms with Crippen LogP contribution >= 0.6 is 0 Å². The van der Waals surface area contributed by atoms with Crippen molar-refractivity contribution in [2.45, 2.75) is 19.1 Å². The van der Waals surface area contributed by atoms with Gasteiger partial charge in [0.1, 0.15) is 12.4 Å². The number of carbonyl (C=O) groups excluding carboxylic acids is 1. The number of hydrogen-bond acceptors (Lipinski definition) is 8. The molecule has 0 aromatic carbocycles. The van der Waals surface area contributed by atoms with E-state index in [1.54, 1.807) is 0 Å². The van der Waals surface area contributed by atoms with E-state index < -0.39 is 28.3 Å². The van der Waals surface area contributed by atoms with Crippen molar-refractivity contribution in [3.8, 4) is 0 Å². The molecule has 0 aliphatic carbocycles. The number of rotatable bonds is 7. The molecule has 1 radical (unpaired) electrons. The Labute approximate surface area is 140 Å². The molecule has 0 saturated carbocycles. The maximum atomic E-state index is 12.4. The van der Waals surface area contributed by atoms with Gasteiger partial charge in [0.05, 0.1) is 19.3 Å². The van der Waals surface area contributed by atoms with Gasteiger partial charge in [0.15, 0.2) is 5.69 Å². The lowest BCUT2D eigenvalue weighted by molar-refractivity contribution is -0.0777. The van der Waals surface area contributed by atoms with Gasteiger partial charge >= 0.3 is 10.2 Å². The number of nitrogens with one attached hydrogen (secondary N) is 1. The van der Waals surface area contributed by atoms with Crippen LogP contribution in [-0.4, -0.2) is 75.8 Å². The smallest absolute Gasteiger partial charge is 0.304 e. The molecule has 2 atom stereocenters. The molecule has 0 spiro atoms. The fourth-order valence-corrected chi connectivity index (χ4v) is 3.31. The van der Waals surface area contributed by atoms with Crippen LogP contribution in [0.3, 0.4) is 0 Å². The van der Waals surface area contributed by atoms with Crippen molar-refractivity contribution < 1.29 is 31.8 Å². The van der Waals surface area contributed by atoms with Crippen molar-refractivity contribution in [3.05, 3.63) is 18.4 Å². The minimum atomic E-state index is -4.08. The lowest BCUT2D eigenvalue weighted by Gasteiger charge is -2.25. The van der Waals surface area contributed by atoms with Crippen LogP contribution in [0.25, 0.3) is 0 Å². The molecule has 1 N–H and O–H groups in total. The predicted molar refractivity (Wildman–Crippen MR) is 80.3 cm³/mol. The summed E-state index contributed by atoms with van der Waals surface area (Å²) in [5, 5.41) is 0. The van der Waals surface area contributed by atoms with Gasteiger partial charge < -0.3 is 18.6 Å². The summed E-state index contributed by atoms with van der Waals surface area (Å²) in [7, 11) is -2.62. The number of methoxy groups -OCH3 is 1. The molecule has 2 rings (SSSR count). The van der Waals surface area contributed by atoms with Gasteiger partial charge in [-0.2, -0.15) is 17.7 Å². The fraction of sp³-hybridized carbons (Fsp3) is 0.692. The highest BCUT2D eigenvalue weighted by atomic mass is 32.2.